The van der Waals surface area contributed by atoms with Gasteiger partial charge >= 0.3 is 0 Å². The maximum atomic E-state index is 6.28. The van der Waals surface area contributed by atoms with Gasteiger partial charge in [-0.25, -0.2) is 9.97 Å². The number of rotatable bonds is 4. The molecule has 124 valence electrons. The smallest absolute Gasteiger partial charge is 0.224 e. The Bertz CT molecular complexity index is 1020. The van der Waals surface area contributed by atoms with Crippen molar-refractivity contribution in [1.82, 2.24) is 19.5 Å². The average Bonchev–Trinajstić information content (AvgIpc) is 3.06. The number of hydrogen-bond donors (Lipinski definition) is 1. The highest BCUT2D eigenvalue weighted by atomic mass is 35.5. The fourth-order valence-corrected chi connectivity index (χ4v) is 3.06. The van der Waals surface area contributed by atoms with E-state index in [1.165, 1.54) is 0 Å². The quantitative estimate of drug-likeness (QED) is 0.593. The zero-order valence-corrected chi connectivity index (χ0v) is 14.4. The molecule has 1 N–H and O–H groups in total. The van der Waals surface area contributed by atoms with Gasteiger partial charge in [-0.3, -0.25) is 4.57 Å². The van der Waals surface area contributed by atoms with Crippen LogP contribution in [-0.4, -0.2) is 19.5 Å². The van der Waals surface area contributed by atoms with Crippen molar-refractivity contribution >= 4 is 28.6 Å². The van der Waals surface area contributed by atoms with Gasteiger partial charge in [0.05, 0.1) is 11.0 Å². The van der Waals surface area contributed by atoms with Crippen LogP contribution in [0.15, 0.2) is 61.1 Å². The van der Waals surface area contributed by atoms with E-state index < -0.39 is 0 Å². The van der Waals surface area contributed by atoms with Crippen LogP contribution in [0.2, 0.25) is 5.02 Å². The number of fused-ring (bicyclic) bond motifs is 1. The molecule has 2 heterocycles. The van der Waals surface area contributed by atoms with E-state index in [-0.39, 0.29) is 0 Å². The van der Waals surface area contributed by atoms with E-state index in [0.717, 1.165) is 33.0 Å². The number of imidazole rings is 1. The van der Waals surface area contributed by atoms with Gasteiger partial charge in [0.15, 0.2) is 0 Å². The Kier molecular flexibility index (Phi) is 4.07. The van der Waals surface area contributed by atoms with Crippen molar-refractivity contribution in [3.8, 4) is 5.82 Å². The van der Waals surface area contributed by atoms with Crippen molar-refractivity contribution in [2.45, 2.75) is 13.5 Å². The Balaban J connectivity index is 1.62. The van der Waals surface area contributed by atoms with E-state index in [4.69, 9.17) is 11.6 Å². The first kappa shape index (κ1) is 15.6. The summed E-state index contributed by atoms with van der Waals surface area (Å²) in [4.78, 5) is 13.3. The number of nitrogens with one attached hydrogen (secondary N) is 1. The first-order chi connectivity index (χ1) is 12.2. The van der Waals surface area contributed by atoms with Gasteiger partial charge in [-0.1, -0.05) is 35.9 Å². The van der Waals surface area contributed by atoms with Crippen LogP contribution in [0.3, 0.4) is 0 Å². The lowest BCUT2D eigenvalue weighted by molar-refractivity contribution is 0.974. The molecule has 0 saturated heterocycles. The number of hydrogen-bond acceptors (Lipinski definition) is 4. The van der Waals surface area contributed by atoms with Crippen LogP contribution in [0.1, 0.15) is 11.1 Å². The molecular formula is C19H16ClN5. The fraction of sp³-hybridized carbons (Fsp3) is 0.105. The molecule has 0 aliphatic carbocycles. The monoisotopic (exact) mass is 349 g/mol. The largest absolute Gasteiger partial charge is 0.350 e. The molecule has 0 unspecified atom stereocenters. The molecule has 0 bridgehead atoms. The van der Waals surface area contributed by atoms with E-state index in [9.17, 15) is 0 Å². The molecule has 25 heavy (non-hydrogen) atoms. The Morgan fingerprint density at radius 2 is 1.92 bits per heavy atom. The highest BCUT2D eigenvalue weighted by Gasteiger charge is 2.08. The van der Waals surface area contributed by atoms with E-state index >= 15 is 0 Å². The SMILES string of the molecule is Cc1cccc(Cl)c1CNc1nccc(-n2cnc3ccccc32)n1. The molecule has 0 aliphatic heterocycles. The number of anilines is 1. The minimum absolute atomic E-state index is 0.551. The molecule has 4 aromatic rings. The number of aryl methyl sites for hydroxylation is 1. The van der Waals surface area contributed by atoms with Gasteiger partial charge in [-0.05, 0) is 42.3 Å². The lowest BCUT2D eigenvalue weighted by Crippen LogP contribution is -2.07. The maximum absolute atomic E-state index is 6.28. The maximum Gasteiger partial charge on any atom is 0.224 e. The van der Waals surface area contributed by atoms with Crippen molar-refractivity contribution in [1.29, 1.82) is 0 Å². The highest BCUT2D eigenvalue weighted by Crippen LogP contribution is 2.21. The second-order valence-electron chi connectivity index (χ2n) is 5.73. The van der Waals surface area contributed by atoms with E-state index in [2.05, 4.69) is 20.3 Å². The second kappa shape index (κ2) is 6.53. The third-order valence-corrected chi connectivity index (χ3v) is 4.47. The van der Waals surface area contributed by atoms with Crippen LogP contribution < -0.4 is 5.32 Å². The van der Waals surface area contributed by atoms with Crippen LogP contribution in [0.4, 0.5) is 5.95 Å². The Labute approximate surface area is 150 Å². The third-order valence-electron chi connectivity index (χ3n) is 4.12. The van der Waals surface area contributed by atoms with E-state index in [1.807, 2.05) is 60.0 Å². The van der Waals surface area contributed by atoms with Gasteiger partial charge in [0.2, 0.25) is 5.95 Å². The van der Waals surface area contributed by atoms with Gasteiger partial charge in [-0.15, -0.1) is 0 Å². The minimum Gasteiger partial charge on any atom is -0.350 e. The number of para-hydroxylation sites is 2. The third kappa shape index (κ3) is 3.06. The van der Waals surface area contributed by atoms with Crippen LogP contribution in [-0.2, 0) is 6.54 Å². The molecule has 0 fully saturated rings. The zero-order valence-electron chi connectivity index (χ0n) is 13.6. The van der Waals surface area contributed by atoms with Crippen LogP contribution in [0.5, 0.6) is 0 Å². The summed E-state index contributed by atoms with van der Waals surface area (Å²) in [5, 5.41) is 3.99. The van der Waals surface area contributed by atoms with Crippen molar-refractivity contribution < 1.29 is 0 Å². The number of halogens is 1. The molecule has 0 saturated carbocycles. The summed E-state index contributed by atoms with van der Waals surface area (Å²) in [6, 6.07) is 15.7. The molecule has 4 rings (SSSR count). The molecule has 6 heteroatoms. The molecule has 0 radical (unpaired) electrons. The zero-order chi connectivity index (χ0) is 17.2. The number of benzene rings is 2. The summed E-state index contributed by atoms with van der Waals surface area (Å²) in [6.07, 6.45) is 3.51. The molecule has 0 spiro atoms. The summed E-state index contributed by atoms with van der Waals surface area (Å²) in [7, 11) is 0. The van der Waals surface area contributed by atoms with Crippen molar-refractivity contribution in [3.05, 3.63) is 77.2 Å². The summed E-state index contributed by atoms with van der Waals surface area (Å²) < 4.78 is 1.95. The van der Waals surface area contributed by atoms with Crippen LogP contribution in [0.25, 0.3) is 16.9 Å². The van der Waals surface area contributed by atoms with E-state index in [1.54, 1.807) is 12.5 Å². The fourth-order valence-electron chi connectivity index (χ4n) is 2.77. The second-order valence-corrected chi connectivity index (χ2v) is 6.14. The topological polar surface area (TPSA) is 55.6 Å². The minimum atomic E-state index is 0.551. The Hall–Kier alpha value is -2.92. The van der Waals surface area contributed by atoms with Crippen molar-refractivity contribution in [2.24, 2.45) is 0 Å². The molecule has 0 atom stereocenters. The van der Waals surface area contributed by atoms with Gasteiger partial charge in [-0.2, -0.15) is 4.98 Å². The Morgan fingerprint density at radius 1 is 1.04 bits per heavy atom. The predicted octanol–water partition coefficient (Wildman–Crippen LogP) is 4.39. The summed E-state index contributed by atoms with van der Waals surface area (Å²) in [6.45, 7) is 2.61. The molecule has 2 aromatic heterocycles. The molecular weight excluding hydrogens is 334 g/mol. The lowest BCUT2D eigenvalue weighted by Gasteiger charge is -2.10. The first-order valence-corrected chi connectivity index (χ1v) is 8.33. The molecule has 5 nitrogen and oxygen atoms in total. The van der Waals surface area contributed by atoms with Crippen LogP contribution >= 0.6 is 11.6 Å². The summed E-state index contributed by atoms with van der Waals surface area (Å²) in [5.41, 5.74) is 4.12. The normalized spacial score (nSPS) is 11.0. The molecule has 0 aliphatic rings. The highest BCUT2D eigenvalue weighted by molar-refractivity contribution is 6.31. The lowest BCUT2D eigenvalue weighted by atomic mass is 10.1. The van der Waals surface area contributed by atoms with Gasteiger partial charge in [0, 0.05) is 17.8 Å². The van der Waals surface area contributed by atoms with Gasteiger partial charge in [0.1, 0.15) is 12.1 Å². The Morgan fingerprint density at radius 3 is 2.80 bits per heavy atom. The summed E-state index contributed by atoms with van der Waals surface area (Å²) >= 11 is 6.28. The predicted molar refractivity (Wildman–Crippen MR) is 100 cm³/mol. The van der Waals surface area contributed by atoms with Crippen LogP contribution in [0, 0.1) is 6.92 Å². The average molecular weight is 350 g/mol. The molecule has 0 amide bonds. The first-order valence-electron chi connectivity index (χ1n) is 7.96. The number of nitrogens with zero attached hydrogens (tertiary/aromatic N) is 4. The van der Waals surface area contributed by atoms with Crippen molar-refractivity contribution in [2.75, 3.05) is 5.32 Å². The number of aromatic nitrogens is 4. The summed E-state index contributed by atoms with van der Waals surface area (Å²) in [5.74, 6) is 1.32. The van der Waals surface area contributed by atoms with Gasteiger partial charge in [0.25, 0.3) is 0 Å². The van der Waals surface area contributed by atoms with Crippen molar-refractivity contribution in [3.63, 3.8) is 0 Å². The standard InChI is InChI=1S/C19H16ClN5/c1-13-5-4-6-15(20)14(13)11-22-19-21-10-9-18(24-19)25-12-23-16-7-2-3-8-17(16)25/h2-10,12H,11H2,1H3,(H,21,22,24). The van der Waals surface area contributed by atoms with E-state index in [0.29, 0.717) is 12.5 Å². The molecule has 2 aromatic carbocycles. The van der Waals surface area contributed by atoms with Gasteiger partial charge < -0.3 is 5.32 Å².